The summed E-state index contributed by atoms with van der Waals surface area (Å²) in [6, 6.07) is 3.63. The number of pyridine rings is 1. The molecule has 1 aliphatic rings. The highest BCUT2D eigenvalue weighted by atomic mass is 79.9. The van der Waals surface area contributed by atoms with Crippen molar-refractivity contribution in [1.29, 1.82) is 0 Å². The quantitative estimate of drug-likeness (QED) is 0.795. The van der Waals surface area contributed by atoms with Gasteiger partial charge < -0.3 is 14.5 Å². The first kappa shape index (κ1) is 8.79. The lowest BCUT2D eigenvalue weighted by atomic mass is 10.1. The average Bonchev–Trinajstić information content (AvgIpc) is 2.66. The minimum atomic E-state index is -0.171. The van der Waals surface area contributed by atoms with Crippen LogP contribution in [0.3, 0.4) is 0 Å². The standard InChI is InChI=1S/C10H6BrNO3/c11-6-3-7-9(15-4-14-7)8-5(6)1-2-12-10(8)13/h1-3H,4H2,(H,12,13). The molecule has 0 amide bonds. The second kappa shape index (κ2) is 3.00. The van der Waals surface area contributed by atoms with Crippen LogP contribution in [0, 0.1) is 0 Å². The lowest BCUT2D eigenvalue weighted by Crippen LogP contribution is -2.05. The summed E-state index contributed by atoms with van der Waals surface area (Å²) in [5, 5.41) is 1.35. The Kier molecular flexibility index (Phi) is 1.76. The van der Waals surface area contributed by atoms with Crippen LogP contribution in [0.25, 0.3) is 10.8 Å². The van der Waals surface area contributed by atoms with E-state index in [2.05, 4.69) is 20.9 Å². The number of ether oxygens (including phenoxy) is 2. The Hall–Kier alpha value is -1.49. The molecule has 0 saturated carbocycles. The molecule has 1 aliphatic heterocycles. The van der Waals surface area contributed by atoms with Gasteiger partial charge in [0.1, 0.15) is 0 Å². The highest BCUT2D eigenvalue weighted by molar-refractivity contribution is 9.10. The maximum atomic E-state index is 11.7. The van der Waals surface area contributed by atoms with E-state index in [-0.39, 0.29) is 12.4 Å². The van der Waals surface area contributed by atoms with E-state index in [0.29, 0.717) is 16.9 Å². The molecule has 5 heteroatoms. The van der Waals surface area contributed by atoms with Gasteiger partial charge in [0.15, 0.2) is 11.5 Å². The van der Waals surface area contributed by atoms with Crippen molar-refractivity contribution in [3.8, 4) is 11.5 Å². The van der Waals surface area contributed by atoms with E-state index in [4.69, 9.17) is 9.47 Å². The second-order valence-corrected chi connectivity index (χ2v) is 4.04. The number of nitrogens with one attached hydrogen (secondary N) is 1. The zero-order chi connectivity index (χ0) is 10.4. The highest BCUT2D eigenvalue weighted by Crippen LogP contribution is 2.40. The fourth-order valence-electron chi connectivity index (χ4n) is 1.69. The molecule has 0 bridgehead atoms. The number of aromatic amines is 1. The SMILES string of the molecule is O=c1[nH]ccc2c(Br)cc3c(c12)OCO3. The van der Waals surface area contributed by atoms with E-state index < -0.39 is 0 Å². The molecule has 0 saturated heterocycles. The Bertz CT molecular complexity index is 605. The molecule has 0 aliphatic carbocycles. The Morgan fingerprint density at radius 1 is 1.40 bits per heavy atom. The van der Waals surface area contributed by atoms with Crippen LogP contribution in [-0.2, 0) is 0 Å². The number of hydrogen-bond acceptors (Lipinski definition) is 3. The first-order chi connectivity index (χ1) is 7.27. The Morgan fingerprint density at radius 3 is 3.13 bits per heavy atom. The molecule has 0 radical (unpaired) electrons. The number of aromatic nitrogens is 1. The van der Waals surface area contributed by atoms with Gasteiger partial charge in [-0.05, 0) is 12.1 Å². The van der Waals surface area contributed by atoms with Gasteiger partial charge in [-0.15, -0.1) is 0 Å². The number of rotatable bonds is 0. The molecule has 1 aromatic carbocycles. The van der Waals surface area contributed by atoms with Crippen molar-refractivity contribution < 1.29 is 9.47 Å². The smallest absolute Gasteiger partial charge is 0.259 e. The predicted molar refractivity (Wildman–Crippen MR) is 58.4 cm³/mol. The summed E-state index contributed by atoms with van der Waals surface area (Å²) < 4.78 is 11.3. The molecular weight excluding hydrogens is 262 g/mol. The summed E-state index contributed by atoms with van der Waals surface area (Å²) in [6.45, 7) is 0.162. The number of benzene rings is 1. The minimum absolute atomic E-state index is 0.162. The van der Waals surface area contributed by atoms with Gasteiger partial charge in [0, 0.05) is 16.1 Å². The molecule has 76 valence electrons. The Morgan fingerprint density at radius 2 is 2.27 bits per heavy atom. The van der Waals surface area contributed by atoms with Crippen LogP contribution in [-0.4, -0.2) is 11.8 Å². The largest absolute Gasteiger partial charge is 0.454 e. The normalized spacial score (nSPS) is 13.4. The number of H-pyrrole nitrogens is 1. The summed E-state index contributed by atoms with van der Waals surface area (Å²) in [7, 11) is 0. The van der Waals surface area contributed by atoms with Gasteiger partial charge in [0.05, 0.1) is 5.39 Å². The lowest BCUT2D eigenvalue weighted by Gasteiger charge is -2.03. The van der Waals surface area contributed by atoms with Gasteiger partial charge >= 0.3 is 0 Å². The summed E-state index contributed by atoms with van der Waals surface area (Å²) in [4.78, 5) is 14.3. The van der Waals surface area contributed by atoms with Crippen molar-refractivity contribution in [3.05, 3.63) is 33.2 Å². The molecule has 0 fully saturated rings. The summed E-state index contributed by atoms with van der Waals surface area (Å²) >= 11 is 3.40. The molecule has 0 spiro atoms. The molecule has 2 aromatic rings. The van der Waals surface area contributed by atoms with Crippen LogP contribution in [0.4, 0.5) is 0 Å². The fraction of sp³-hybridized carbons (Fsp3) is 0.100. The van der Waals surface area contributed by atoms with Crippen LogP contribution in [0.2, 0.25) is 0 Å². The third kappa shape index (κ3) is 1.16. The first-order valence-corrected chi connectivity index (χ1v) is 5.16. The molecule has 2 heterocycles. The molecule has 1 aromatic heterocycles. The van der Waals surface area contributed by atoms with Crippen LogP contribution < -0.4 is 15.0 Å². The van der Waals surface area contributed by atoms with Crippen molar-refractivity contribution in [3.63, 3.8) is 0 Å². The molecule has 3 rings (SSSR count). The van der Waals surface area contributed by atoms with Crippen LogP contribution in [0.1, 0.15) is 0 Å². The van der Waals surface area contributed by atoms with Crippen LogP contribution >= 0.6 is 15.9 Å². The van der Waals surface area contributed by atoms with Crippen molar-refractivity contribution in [2.45, 2.75) is 0 Å². The Labute approximate surface area is 92.9 Å². The third-order valence-corrected chi connectivity index (χ3v) is 3.00. The van der Waals surface area contributed by atoms with E-state index in [0.717, 1.165) is 9.86 Å². The zero-order valence-corrected chi connectivity index (χ0v) is 9.13. The van der Waals surface area contributed by atoms with E-state index in [1.54, 1.807) is 6.20 Å². The van der Waals surface area contributed by atoms with E-state index >= 15 is 0 Å². The lowest BCUT2D eigenvalue weighted by molar-refractivity contribution is 0.174. The third-order valence-electron chi connectivity index (χ3n) is 2.34. The minimum Gasteiger partial charge on any atom is -0.454 e. The molecular formula is C10H6BrNO3. The van der Waals surface area contributed by atoms with Gasteiger partial charge in [-0.1, -0.05) is 15.9 Å². The van der Waals surface area contributed by atoms with Crippen LogP contribution in [0.15, 0.2) is 27.6 Å². The van der Waals surface area contributed by atoms with Crippen LogP contribution in [0.5, 0.6) is 11.5 Å². The van der Waals surface area contributed by atoms with Gasteiger partial charge in [0.2, 0.25) is 6.79 Å². The second-order valence-electron chi connectivity index (χ2n) is 3.19. The Balaban J connectivity index is 2.57. The summed E-state index contributed by atoms with van der Waals surface area (Å²) in [6.07, 6.45) is 1.61. The van der Waals surface area contributed by atoms with E-state index in [1.165, 1.54) is 0 Å². The molecule has 0 unspecified atom stereocenters. The summed E-state index contributed by atoms with van der Waals surface area (Å²) in [5.41, 5.74) is -0.171. The van der Waals surface area contributed by atoms with E-state index in [1.807, 2.05) is 12.1 Å². The van der Waals surface area contributed by atoms with Gasteiger partial charge in [0.25, 0.3) is 5.56 Å². The van der Waals surface area contributed by atoms with Crippen molar-refractivity contribution >= 4 is 26.7 Å². The maximum absolute atomic E-state index is 11.7. The zero-order valence-electron chi connectivity index (χ0n) is 7.54. The number of hydrogen-bond donors (Lipinski definition) is 1. The first-order valence-electron chi connectivity index (χ1n) is 4.37. The monoisotopic (exact) mass is 267 g/mol. The maximum Gasteiger partial charge on any atom is 0.259 e. The molecule has 15 heavy (non-hydrogen) atoms. The average molecular weight is 268 g/mol. The van der Waals surface area contributed by atoms with Gasteiger partial charge in [-0.25, -0.2) is 0 Å². The highest BCUT2D eigenvalue weighted by Gasteiger charge is 2.20. The van der Waals surface area contributed by atoms with Crippen molar-refractivity contribution in [1.82, 2.24) is 4.98 Å². The van der Waals surface area contributed by atoms with Crippen molar-refractivity contribution in [2.75, 3.05) is 6.79 Å². The van der Waals surface area contributed by atoms with Crippen molar-refractivity contribution in [2.24, 2.45) is 0 Å². The number of fused-ring (bicyclic) bond motifs is 3. The fourth-order valence-corrected chi connectivity index (χ4v) is 2.23. The predicted octanol–water partition coefficient (Wildman–Crippen LogP) is 2.02. The number of halogens is 1. The van der Waals surface area contributed by atoms with Gasteiger partial charge in [-0.3, -0.25) is 4.79 Å². The summed E-state index contributed by atoms with van der Waals surface area (Å²) in [5.74, 6) is 1.13. The van der Waals surface area contributed by atoms with Gasteiger partial charge in [-0.2, -0.15) is 0 Å². The topological polar surface area (TPSA) is 51.3 Å². The molecule has 0 atom stereocenters. The molecule has 4 nitrogen and oxygen atoms in total. The molecule has 1 N–H and O–H groups in total. The van der Waals surface area contributed by atoms with E-state index in [9.17, 15) is 4.79 Å².